The average molecular weight is 738 g/mol. The van der Waals surface area contributed by atoms with E-state index in [1.165, 1.54) is 103 Å². The smallest absolute Gasteiger partial charge is 0.220 e. The summed E-state index contributed by atoms with van der Waals surface area (Å²) in [7, 11) is 0. The van der Waals surface area contributed by atoms with Gasteiger partial charge < -0.3 is 40.3 Å². The van der Waals surface area contributed by atoms with Crippen molar-refractivity contribution in [2.45, 2.75) is 217 Å². The molecule has 0 aromatic carbocycles. The largest absolute Gasteiger partial charge is 0.394 e. The van der Waals surface area contributed by atoms with E-state index >= 15 is 0 Å². The summed E-state index contributed by atoms with van der Waals surface area (Å²) in [5.41, 5.74) is 0. The van der Waals surface area contributed by atoms with Crippen LogP contribution < -0.4 is 5.32 Å². The fraction of sp³-hybridized carbons (Fsp3) is 0.837. The predicted octanol–water partition coefficient (Wildman–Crippen LogP) is 8.11. The molecule has 304 valence electrons. The Morgan fingerprint density at radius 2 is 1.13 bits per heavy atom. The van der Waals surface area contributed by atoms with Crippen LogP contribution in [0.2, 0.25) is 0 Å². The van der Waals surface area contributed by atoms with Crippen LogP contribution in [0.1, 0.15) is 174 Å². The standard InChI is InChI=1S/C43H79NO8/c1-3-5-7-9-11-12-13-14-15-16-17-18-19-20-21-22-23-24-25-26-27-29-31-33-39(47)44-36(37(46)32-30-28-10-8-6-4-2)35-51-43-42(50)41(49)40(48)38(34-45)52-43/h13-14,16-17,30,32,36-38,40-43,45-46,48-50H,3-12,15,18-29,31,33-35H2,1-2H3,(H,44,47)/b14-13-,17-16-,32-30+. The molecular formula is C43H79NO8. The number of hydrogen-bond acceptors (Lipinski definition) is 8. The lowest BCUT2D eigenvalue weighted by Gasteiger charge is -2.40. The second-order valence-electron chi connectivity index (χ2n) is 14.8. The fourth-order valence-corrected chi connectivity index (χ4v) is 6.48. The first kappa shape index (κ1) is 48.4. The molecule has 1 amide bonds. The molecular weight excluding hydrogens is 658 g/mol. The van der Waals surface area contributed by atoms with Gasteiger partial charge >= 0.3 is 0 Å². The number of amides is 1. The molecule has 0 saturated carbocycles. The Bertz CT molecular complexity index is 910. The highest BCUT2D eigenvalue weighted by molar-refractivity contribution is 5.76. The summed E-state index contributed by atoms with van der Waals surface area (Å²) in [6.07, 6.45) is 33.7. The molecule has 1 rings (SSSR count). The van der Waals surface area contributed by atoms with Gasteiger partial charge in [0.25, 0.3) is 0 Å². The van der Waals surface area contributed by atoms with Crippen LogP contribution >= 0.6 is 0 Å². The van der Waals surface area contributed by atoms with Gasteiger partial charge in [0.2, 0.25) is 5.91 Å². The van der Waals surface area contributed by atoms with Crippen LogP contribution in [0.15, 0.2) is 36.5 Å². The summed E-state index contributed by atoms with van der Waals surface area (Å²) in [6, 6.07) is -0.801. The van der Waals surface area contributed by atoms with Crippen LogP contribution in [-0.2, 0) is 14.3 Å². The van der Waals surface area contributed by atoms with Gasteiger partial charge in [-0.2, -0.15) is 0 Å². The molecule has 52 heavy (non-hydrogen) atoms. The lowest BCUT2D eigenvalue weighted by Crippen LogP contribution is -2.60. The quantitative estimate of drug-likeness (QED) is 0.0287. The lowest BCUT2D eigenvalue weighted by atomic mass is 9.99. The highest BCUT2D eigenvalue weighted by Gasteiger charge is 2.44. The van der Waals surface area contributed by atoms with Gasteiger partial charge in [-0.3, -0.25) is 4.79 Å². The third kappa shape index (κ3) is 24.7. The number of carbonyl (C=O) groups is 1. The highest BCUT2D eigenvalue weighted by atomic mass is 16.7. The maximum Gasteiger partial charge on any atom is 0.220 e. The minimum atomic E-state index is -1.56. The van der Waals surface area contributed by atoms with E-state index in [1.54, 1.807) is 6.08 Å². The number of allylic oxidation sites excluding steroid dienone is 5. The second-order valence-corrected chi connectivity index (χ2v) is 14.8. The Kier molecular flexibility index (Phi) is 31.6. The van der Waals surface area contributed by atoms with Crippen molar-refractivity contribution >= 4 is 5.91 Å². The molecule has 9 heteroatoms. The summed E-state index contributed by atoms with van der Waals surface area (Å²) in [5, 5.41) is 53.7. The first-order valence-corrected chi connectivity index (χ1v) is 21.2. The zero-order valence-electron chi connectivity index (χ0n) is 33.1. The van der Waals surface area contributed by atoms with E-state index in [1.807, 2.05) is 6.08 Å². The van der Waals surface area contributed by atoms with Crippen molar-refractivity contribution in [2.24, 2.45) is 0 Å². The normalized spacial score (nSPS) is 22.2. The Balaban J connectivity index is 2.21. The van der Waals surface area contributed by atoms with Gasteiger partial charge in [-0.15, -0.1) is 0 Å². The molecule has 0 aromatic rings. The third-order valence-electron chi connectivity index (χ3n) is 9.96. The zero-order chi connectivity index (χ0) is 38.1. The molecule has 7 atom stereocenters. The molecule has 1 saturated heterocycles. The van der Waals surface area contributed by atoms with Gasteiger partial charge in [-0.1, -0.05) is 153 Å². The third-order valence-corrected chi connectivity index (χ3v) is 9.96. The van der Waals surface area contributed by atoms with E-state index in [0.29, 0.717) is 6.42 Å². The number of aliphatic hydroxyl groups excluding tert-OH is 5. The predicted molar refractivity (Wildman–Crippen MR) is 212 cm³/mol. The van der Waals surface area contributed by atoms with Crippen molar-refractivity contribution in [3.63, 3.8) is 0 Å². The number of hydrogen-bond donors (Lipinski definition) is 6. The molecule has 1 heterocycles. The van der Waals surface area contributed by atoms with Gasteiger partial charge in [0.1, 0.15) is 24.4 Å². The van der Waals surface area contributed by atoms with Crippen molar-refractivity contribution in [1.82, 2.24) is 5.32 Å². The Morgan fingerprint density at radius 1 is 0.654 bits per heavy atom. The molecule has 7 unspecified atom stereocenters. The number of unbranched alkanes of at least 4 members (excludes halogenated alkanes) is 20. The minimum absolute atomic E-state index is 0.186. The molecule has 0 aliphatic carbocycles. The van der Waals surface area contributed by atoms with Crippen LogP contribution in [0.3, 0.4) is 0 Å². The highest BCUT2D eigenvalue weighted by Crippen LogP contribution is 2.22. The number of aliphatic hydroxyl groups is 5. The maximum atomic E-state index is 12.8. The molecule has 0 bridgehead atoms. The summed E-state index contributed by atoms with van der Waals surface area (Å²) in [5.74, 6) is -0.186. The molecule has 1 aliphatic heterocycles. The van der Waals surface area contributed by atoms with E-state index in [-0.39, 0.29) is 12.5 Å². The van der Waals surface area contributed by atoms with Gasteiger partial charge in [0.15, 0.2) is 6.29 Å². The van der Waals surface area contributed by atoms with Crippen molar-refractivity contribution in [3.05, 3.63) is 36.5 Å². The van der Waals surface area contributed by atoms with Crippen LogP contribution in [0, 0.1) is 0 Å². The fourth-order valence-electron chi connectivity index (χ4n) is 6.48. The summed E-state index contributed by atoms with van der Waals surface area (Å²) >= 11 is 0. The first-order valence-electron chi connectivity index (χ1n) is 21.2. The van der Waals surface area contributed by atoms with Crippen LogP contribution in [-0.4, -0.2) is 87.5 Å². The Morgan fingerprint density at radius 3 is 1.67 bits per heavy atom. The lowest BCUT2D eigenvalue weighted by molar-refractivity contribution is -0.302. The average Bonchev–Trinajstić information content (AvgIpc) is 3.14. The second kappa shape index (κ2) is 33.9. The molecule has 1 fully saturated rings. The van der Waals surface area contributed by atoms with Gasteiger partial charge in [-0.05, 0) is 51.4 Å². The Hall–Kier alpha value is -1.59. The topological polar surface area (TPSA) is 149 Å². The van der Waals surface area contributed by atoms with Gasteiger partial charge in [0.05, 0.1) is 25.4 Å². The van der Waals surface area contributed by atoms with Crippen molar-refractivity contribution in [3.8, 4) is 0 Å². The van der Waals surface area contributed by atoms with E-state index in [0.717, 1.165) is 51.4 Å². The van der Waals surface area contributed by atoms with Crippen molar-refractivity contribution in [1.29, 1.82) is 0 Å². The number of ether oxygens (including phenoxy) is 2. The zero-order valence-corrected chi connectivity index (χ0v) is 33.1. The van der Waals surface area contributed by atoms with E-state index in [4.69, 9.17) is 9.47 Å². The monoisotopic (exact) mass is 738 g/mol. The molecule has 0 aromatic heterocycles. The Labute approximate surface area is 317 Å². The van der Waals surface area contributed by atoms with Crippen molar-refractivity contribution < 1.29 is 39.8 Å². The molecule has 0 radical (unpaired) electrons. The summed E-state index contributed by atoms with van der Waals surface area (Å²) < 4.78 is 11.1. The molecule has 9 nitrogen and oxygen atoms in total. The minimum Gasteiger partial charge on any atom is -0.394 e. The summed E-state index contributed by atoms with van der Waals surface area (Å²) in [6.45, 7) is 3.66. The SMILES string of the molecule is CCCCCC/C=C/C(O)C(COC1OC(CO)C(O)C(O)C1O)NC(=O)CCCCCCCCCCCCC/C=C\C/C=C\CCCCCCC. The van der Waals surface area contributed by atoms with Crippen LogP contribution in [0.4, 0.5) is 0 Å². The van der Waals surface area contributed by atoms with E-state index < -0.39 is 49.5 Å². The van der Waals surface area contributed by atoms with E-state index in [9.17, 15) is 30.3 Å². The van der Waals surface area contributed by atoms with E-state index in [2.05, 4.69) is 43.5 Å². The van der Waals surface area contributed by atoms with Crippen LogP contribution in [0.5, 0.6) is 0 Å². The summed E-state index contributed by atoms with van der Waals surface area (Å²) in [4.78, 5) is 12.8. The van der Waals surface area contributed by atoms with Crippen molar-refractivity contribution in [2.75, 3.05) is 13.2 Å². The first-order chi connectivity index (χ1) is 25.3. The molecule has 1 aliphatic rings. The van der Waals surface area contributed by atoms with Crippen LogP contribution in [0.25, 0.3) is 0 Å². The van der Waals surface area contributed by atoms with Gasteiger partial charge in [-0.25, -0.2) is 0 Å². The number of carbonyl (C=O) groups excluding carboxylic acids is 1. The number of nitrogens with one attached hydrogen (secondary N) is 1. The van der Waals surface area contributed by atoms with Gasteiger partial charge in [0, 0.05) is 6.42 Å². The maximum absolute atomic E-state index is 12.8. The number of rotatable bonds is 34. The molecule has 6 N–H and O–H groups in total. The molecule has 0 spiro atoms.